The lowest BCUT2D eigenvalue weighted by Crippen LogP contribution is -1.87. The van der Waals surface area contributed by atoms with Gasteiger partial charge in [0.15, 0.2) is 5.75 Å². The van der Waals surface area contributed by atoms with Crippen LogP contribution in [0.25, 0.3) is 0 Å². The molecule has 0 atom stereocenters. The zero-order valence-corrected chi connectivity index (χ0v) is 14.3. The van der Waals surface area contributed by atoms with E-state index in [1.165, 1.54) is 12.1 Å². The second-order valence-electron chi connectivity index (χ2n) is 3.59. The van der Waals surface area contributed by atoms with E-state index in [1.807, 2.05) is 28.7 Å². The third-order valence-electron chi connectivity index (χ3n) is 2.13. The molecule has 0 fully saturated rings. The number of nitrogens with two attached hydrogens (primary N) is 1. The Morgan fingerprint density at radius 3 is 1.90 bits per heavy atom. The van der Waals surface area contributed by atoms with Crippen LogP contribution in [0.4, 0.5) is 11.4 Å². The highest BCUT2D eigenvalue weighted by molar-refractivity contribution is 14.1. The average Bonchev–Trinajstić information content (AvgIpc) is 2.34. The highest BCUT2D eigenvalue weighted by Gasteiger charge is 2.11. The number of nitro benzene ring substituents is 1. The lowest BCUT2D eigenvalue weighted by molar-refractivity contribution is -0.385. The molecule has 2 aromatic carbocycles. The van der Waals surface area contributed by atoms with Gasteiger partial charge in [0.2, 0.25) is 0 Å². The molecule has 0 saturated heterocycles. The first-order chi connectivity index (χ1) is 9.31. The maximum Gasteiger partial charge on any atom is 0.310 e. The van der Waals surface area contributed by atoms with Gasteiger partial charge in [0.1, 0.15) is 5.75 Å². The number of phenols is 2. The number of nitrogens with zero attached hydrogens (tertiary/aromatic N) is 1. The third kappa shape index (κ3) is 5.00. The van der Waals surface area contributed by atoms with Gasteiger partial charge in [0, 0.05) is 19.3 Å². The Kier molecular flexibility index (Phi) is 6.26. The lowest BCUT2D eigenvalue weighted by atomic mass is 10.3. The molecule has 0 amide bonds. The molecular weight excluding hydrogens is 490 g/mol. The van der Waals surface area contributed by atoms with Gasteiger partial charge < -0.3 is 15.9 Å². The number of hydrogen-bond acceptors (Lipinski definition) is 5. The molecule has 106 valence electrons. The number of phenolic OH excluding ortho intramolecular Hbond substituents is 2. The number of halogens is 2. The molecule has 0 spiro atoms. The predicted octanol–water partition coefficient (Wildman–Crippen LogP) is 3.48. The van der Waals surface area contributed by atoms with Crippen LogP contribution in [-0.4, -0.2) is 15.1 Å². The molecule has 0 heterocycles. The Morgan fingerprint density at radius 2 is 1.50 bits per heavy atom. The minimum absolute atomic E-state index is 0.155. The fraction of sp³-hybridized carbons (Fsp3) is 0. The number of nitrogen functional groups attached to an aromatic ring is 1. The summed E-state index contributed by atoms with van der Waals surface area (Å²) in [5, 5.41) is 28.2. The highest BCUT2D eigenvalue weighted by atomic mass is 127. The van der Waals surface area contributed by atoms with E-state index in [0.717, 1.165) is 7.14 Å². The van der Waals surface area contributed by atoms with E-state index in [2.05, 4.69) is 22.6 Å². The summed E-state index contributed by atoms with van der Waals surface area (Å²) in [6.45, 7) is 0. The fourth-order valence-corrected chi connectivity index (χ4v) is 2.12. The second-order valence-corrected chi connectivity index (χ2v) is 6.08. The van der Waals surface area contributed by atoms with Crippen LogP contribution in [0, 0.1) is 17.3 Å². The lowest BCUT2D eigenvalue weighted by Gasteiger charge is -1.96. The van der Waals surface area contributed by atoms with Gasteiger partial charge in [-0.05, 0) is 69.4 Å². The number of rotatable bonds is 1. The minimum atomic E-state index is -0.620. The van der Waals surface area contributed by atoms with Crippen LogP contribution in [0.1, 0.15) is 0 Å². The molecule has 0 aromatic heterocycles. The molecule has 4 N–H and O–H groups in total. The first kappa shape index (κ1) is 16.8. The van der Waals surface area contributed by atoms with Crippen LogP contribution in [0.15, 0.2) is 36.4 Å². The van der Waals surface area contributed by atoms with Gasteiger partial charge in [0.25, 0.3) is 0 Å². The largest absolute Gasteiger partial charge is 0.506 e. The van der Waals surface area contributed by atoms with Crippen molar-refractivity contribution >= 4 is 56.6 Å². The summed E-state index contributed by atoms with van der Waals surface area (Å²) in [4.78, 5) is 9.56. The Hall–Kier alpha value is -1.30. The minimum Gasteiger partial charge on any atom is -0.506 e. The molecular formula is C12H10I2N2O4. The van der Waals surface area contributed by atoms with Crippen molar-refractivity contribution in [1.82, 2.24) is 0 Å². The first-order valence-electron chi connectivity index (χ1n) is 5.18. The summed E-state index contributed by atoms with van der Waals surface area (Å²) in [5.41, 5.74) is 5.50. The molecule has 0 aliphatic rings. The fourth-order valence-electron chi connectivity index (χ4n) is 1.17. The van der Waals surface area contributed by atoms with E-state index < -0.39 is 4.92 Å². The van der Waals surface area contributed by atoms with Crippen LogP contribution >= 0.6 is 45.2 Å². The zero-order valence-electron chi connectivity index (χ0n) is 9.96. The molecule has 2 rings (SSSR count). The van der Waals surface area contributed by atoms with Crippen molar-refractivity contribution in [2.24, 2.45) is 0 Å². The van der Waals surface area contributed by atoms with Crippen LogP contribution in [-0.2, 0) is 0 Å². The average molecular weight is 500 g/mol. The van der Waals surface area contributed by atoms with Gasteiger partial charge >= 0.3 is 5.69 Å². The van der Waals surface area contributed by atoms with E-state index in [1.54, 1.807) is 18.2 Å². The van der Waals surface area contributed by atoms with Gasteiger partial charge in [-0.1, -0.05) is 0 Å². The summed E-state index contributed by atoms with van der Waals surface area (Å²) in [7, 11) is 0. The number of anilines is 1. The standard InChI is InChI=1S/C6H4INO3.C6H6INO/c7-4-1-2-5(8(10)11)6(9)3-4;7-4-1-2-5(8)6(9)3-4/h1-3,9H;1-3,9H,8H2. The molecule has 0 aliphatic carbocycles. The van der Waals surface area contributed by atoms with Gasteiger partial charge in [-0.2, -0.15) is 0 Å². The smallest absolute Gasteiger partial charge is 0.310 e. The molecule has 0 aliphatic heterocycles. The summed E-state index contributed by atoms with van der Waals surface area (Å²) in [6, 6.07) is 9.33. The van der Waals surface area contributed by atoms with Gasteiger partial charge in [-0.15, -0.1) is 0 Å². The van der Waals surface area contributed by atoms with E-state index in [0.29, 0.717) is 5.69 Å². The Balaban J connectivity index is 0.000000204. The normalized spacial score (nSPS) is 9.50. The van der Waals surface area contributed by atoms with Crippen molar-refractivity contribution < 1.29 is 15.1 Å². The maximum absolute atomic E-state index is 10.2. The molecule has 8 heteroatoms. The third-order valence-corrected chi connectivity index (χ3v) is 3.47. The van der Waals surface area contributed by atoms with Crippen molar-refractivity contribution in [2.75, 3.05) is 5.73 Å². The molecule has 0 radical (unpaired) electrons. The van der Waals surface area contributed by atoms with E-state index in [4.69, 9.17) is 15.9 Å². The zero-order chi connectivity index (χ0) is 15.3. The molecule has 6 nitrogen and oxygen atoms in total. The summed E-state index contributed by atoms with van der Waals surface area (Å²) in [6.07, 6.45) is 0. The van der Waals surface area contributed by atoms with Crippen LogP contribution in [0.2, 0.25) is 0 Å². The van der Waals surface area contributed by atoms with Crippen LogP contribution < -0.4 is 5.73 Å². The van der Waals surface area contributed by atoms with Gasteiger partial charge in [-0.25, -0.2) is 0 Å². The maximum atomic E-state index is 10.2. The molecule has 20 heavy (non-hydrogen) atoms. The topological polar surface area (TPSA) is 110 Å². The van der Waals surface area contributed by atoms with Crippen LogP contribution in [0.3, 0.4) is 0 Å². The predicted molar refractivity (Wildman–Crippen MR) is 92.7 cm³/mol. The Labute approximate surface area is 142 Å². The number of aromatic hydroxyl groups is 2. The summed E-state index contributed by atoms with van der Waals surface area (Å²) in [5.74, 6) is -0.135. The monoisotopic (exact) mass is 500 g/mol. The van der Waals surface area contributed by atoms with E-state index in [9.17, 15) is 10.1 Å². The summed E-state index contributed by atoms with van der Waals surface area (Å²) >= 11 is 4.07. The van der Waals surface area contributed by atoms with E-state index >= 15 is 0 Å². The van der Waals surface area contributed by atoms with Crippen molar-refractivity contribution in [2.45, 2.75) is 0 Å². The molecule has 0 saturated carbocycles. The first-order valence-corrected chi connectivity index (χ1v) is 7.34. The van der Waals surface area contributed by atoms with Crippen molar-refractivity contribution in [1.29, 1.82) is 0 Å². The van der Waals surface area contributed by atoms with Gasteiger partial charge in [0.05, 0.1) is 10.6 Å². The Bertz CT molecular complexity index is 635. The van der Waals surface area contributed by atoms with Crippen molar-refractivity contribution in [3.05, 3.63) is 53.7 Å². The van der Waals surface area contributed by atoms with Crippen molar-refractivity contribution in [3.63, 3.8) is 0 Å². The van der Waals surface area contributed by atoms with Gasteiger partial charge in [-0.3, -0.25) is 10.1 Å². The SMILES string of the molecule is Nc1ccc(I)cc1O.O=[N+]([O-])c1ccc(I)cc1O. The second kappa shape index (κ2) is 7.47. The molecule has 0 bridgehead atoms. The number of benzene rings is 2. The molecule has 0 unspecified atom stereocenters. The van der Waals surface area contributed by atoms with Crippen LogP contribution in [0.5, 0.6) is 11.5 Å². The quantitative estimate of drug-likeness (QED) is 0.183. The van der Waals surface area contributed by atoms with Crippen molar-refractivity contribution in [3.8, 4) is 11.5 Å². The Morgan fingerprint density at radius 1 is 1.00 bits per heavy atom. The number of nitro groups is 1. The molecule has 2 aromatic rings. The number of hydrogen-bond donors (Lipinski definition) is 3. The highest BCUT2D eigenvalue weighted by Crippen LogP contribution is 2.26. The van der Waals surface area contributed by atoms with E-state index in [-0.39, 0.29) is 17.2 Å². The summed E-state index contributed by atoms with van der Waals surface area (Å²) < 4.78 is 1.75.